The fourth-order valence-electron chi connectivity index (χ4n) is 2.30. The number of oxime groups is 1. The SMILES string of the molecule is N/C(=N\OC(=O)c1cccc(COc2ccc(Cl)cc2)c1)c1ccc(F)cc1. The predicted molar refractivity (Wildman–Crippen MR) is 105 cm³/mol. The fraction of sp³-hybridized carbons (Fsp3) is 0.0476. The number of carbonyl (C=O) groups is 1. The highest BCUT2D eigenvalue weighted by atomic mass is 35.5. The molecule has 3 rings (SSSR count). The maximum Gasteiger partial charge on any atom is 0.365 e. The Bertz CT molecular complexity index is 989. The van der Waals surface area contributed by atoms with E-state index >= 15 is 0 Å². The zero-order valence-electron chi connectivity index (χ0n) is 14.6. The van der Waals surface area contributed by atoms with Gasteiger partial charge in [0.2, 0.25) is 0 Å². The van der Waals surface area contributed by atoms with Gasteiger partial charge in [-0.25, -0.2) is 9.18 Å². The van der Waals surface area contributed by atoms with E-state index < -0.39 is 11.8 Å². The Morgan fingerprint density at radius 3 is 2.43 bits per heavy atom. The number of ether oxygens (including phenoxy) is 1. The van der Waals surface area contributed by atoms with Gasteiger partial charge >= 0.3 is 5.97 Å². The Hall–Kier alpha value is -3.38. The van der Waals surface area contributed by atoms with E-state index in [1.165, 1.54) is 24.3 Å². The molecule has 3 aromatic rings. The maximum atomic E-state index is 12.9. The molecule has 28 heavy (non-hydrogen) atoms. The lowest BCUT2D eigenvalue weighted by Crippen LogP contribution is -2.15. The number of hydrogen-bond acceptors (Lipinski definition) is 4. The van der Waals surface area contributed by atoms with Crippen LogP contribution in [0.5, 0.6) is 5.75 Å². The normalized spacial score (nSPS) is 11.1. The van der Waals surface area contributed by atoms with Crippen molar-refractivity contribution in [3.8, 4) is 5.75 Å². The quantitative estimate of drug-likeness (QED) is 0.286. The maximum absolute atomic E-state index is 12.9. The Labute approximate surface area is 166 Å². The van der Waals surface area contributed by atoms with Crippen LogP contribution >= 0.6 is 11.6 Å². The smallest absolute Gasteiger partial charge is 0.365 e. The Morgan fingerprint density at radius 1 is 1.00 bits per heavy atom. The van der Waals surface area contributed by atoms with Crippen molar-refractivity contribution in [2.75, 3.05) is 0 Å². The van der Waals surface area contributed by atoms with Crippen LogP contribution in [0.15, 0.2) is 78.0 Å². The molecule has 0 radical (unpaired) electrons. The van der Waals surface area contributed by atoms with Crippen LogP contribution < -0.4 is 10.5 Å². The molecular weight excluding hydrogens is 383 g/mol. The lowest BCUT2D eigenvalue weighted by Gasteiger charge is -2.07. The summed E-state index contributed by atoms with van der Waals surface area (Å²) < 4.78 is 18.6. The summed E-state index contributed by atoms with van der Waals surface area (Å²) in [7, 11) is 0. The highest BCUT2D eigenvalue weighted by Crippen LogP contribution is 2.17. The summed E-state index contributed by atoms with van der Waals surface area (Å²) in [6, 6.07) is 19.1. The van der Waals surface area contributed by atoms with E-state index in [4.69, 9.17) is 26.9 Å². The van der Waals surface area contributed by atoms with Crippen LogP contribution in [-0.4, -0.2) is 11.8 Å². The van der Waals surface area contributed by atoms with Gasteiger partial charge in [0.05, 0.1) is 5.56 Å². The summed E-state index contributed by atoms with van der Waals surface area (Å²) in [5.41, 5.74) is 7.27. The first-order chi connectivity index (χ1) is 13.5. The van der Waals surface area contributed by atoms with Gasteiger partial charge in [0, 0.05) is 10.6 Å². The van der Waals surface area contributed by atoms with Gasteiger partial charge in [-0.15, -0.1) is 0 Å². The molecule has 0 bridgehead atoms. The van der Waals surface area contributed by atoms with Crippen LogP contribution in [0.25, 0.3) is 0 Å². The van der Waals surface area contributed by atoms with Crippen LogP contribution in [0.3, 0.4) is 0 Å². The molecular formula is C21H16ClFN2O3. The molecule has 0 amide bonds. The minimum absolute atomic E-state index is 0.0319. The lowest BCUT2D eigenvalue weighted by molar-refractivity contribution is 0.0516. The van der Waals surface area contributed by atoms with Gasteiger partial charge in [0.1, 0.15) is 18.2 Å². The highest BCUT2D eigenvalue weighted by Gasteiger charge is 2.09. The van der Waals surface area contributed by atoms with Crippen molar-refractivity contribution < 1.29 is 18.8 Å². The molecule has 7 heteroatoms. The second-order valence-electron chi connectivity index (χ2n) is 5.81. The van der Waals surface area contributed by atoms with Crippen molar-refractivity contribution in [2.45, 2.75) is 6.61 Å². The number of carbonyl (C=O) groups excluding carboxylic acids is 1. The molecule has 0 saturated carbocycles. The second-order valence-corrected chi connectivity index (χ2v) is 6.24. The predicted octanol–water partition coefficient (Wildman–Crippen LogP) is 4.54. The summed E-state index contributed by atoms with van der Waals surface area (Å²) in [4.78, 5) is 17.1. The average molecular weight is 399 g/mol. The minimum atomic E-state index is -0.668. The van der Waals surface area contributed by atoms with Crippen LogP contribution in [0.1, 0.15) is 21.5 Å². The van der Waals surface area contributed by atoms with E-state index in [0.717, 1.165) is 5.56 Å². The first-order valence-corrected chi connectivity index (χ1v) is 8.67. The third kappa shape index (κ3) is 5.31. The Morgan fingerprint density at radius 2 is 1.71 bits per heavy atom. The van der Waals surface area contributed by atoms with Gasteiger partial charge in [0.25, 0.3) is 0 Å². The highest BCUT2D eigenvalue weighted by molar-refractivity contribution is 6.30. The monoisotopic (exact) mass is 398 g/mol. The molecule has 0 aliphatic heterocycles. The molecule has 0 unspecified atom stereocenters. The molecule has 0 saturated heterocycles. The van der Waals surface area contributed by atoms with Crippen molar-refractivity contribution in [1.82, 2.24) is 0 Å². The molecule has 5 nitrogen and oxygen atoms in total. The number of halogens is 2. The van der Waals surface area contributed by atoms with Crippen molar-refractivity contribution in [2.24, 2.45) is 10.9 Å². The number of nitrogens with zero attached hydrogens (tertiary/aromatic N) is 1. The van der Waals surface area contributed by atoms with E-state index in [0.29, 0.717) is 21.9 Å². The number of benzene rings is 3. The van der Waals surface area contributed by atoms with Crippen LogP contribution in [0, 0.1) is 5.82 Å². The zero-order chi connectivity index (χ0) is 19.9. The van der Waals surface area contributed by atoms with Crippen molar-refractivity contribution >= 4 is 23.4 Å². The van der Waals surface area contributed by atoms with Crippen molar-refractivity contribution in [1.29, 1.82) is 0 Å². The first-order valence-electron chi connectivity index (χ1n) is 8.29. The summed E-state index contributed by atoms with van der Waals surface area (Å²) in [6.07, 6.45) is 0. The molecule has 0 aromatic heterocycles. The lowest BCUT2D eigenvalue weighted by atomic mass is 10.1. The molecule has 2 N–H and O–H groups in total. The molecule has 0 fully saturated rings. The van der Waals surface area contributed by atoms with Gasteiger partial charge in [0.15, 0.2) is 5.84 Å². The number of amidine groups is 1. The topological polar surface area (TPSA) is 73.9 Å². The van der Waals surface area contributed by atoms with Crippen LogP contribution in [0.2, 0.25) is 5.02 Å². The summed E-state index contributed by atoms with van der Waals surface area (Å²) in [5.74, 6) is -0.436. The first kappa shape index (κ1) is 19.4. The Balaban J connectivity index is 1.62. The molecule has 0 aliphatic rings. The van der Waals surface area contributed by atoms with Gasteiger partial charge in [-0.1, -0.05) is 28.9 Å². The second kappa shape index (κ2) is 9.01. The van der Waals surface area contributed by atoms with Gasteiger partial charge < -0.3 is 15.3 Å². The molecule has 3 aromatic carbocycles. The van der Waals surface area contributed by atoms with Gasteiger partial charge in [-0.2, -0.15) is 0 Å². The summed E-state index contributed by atoms with van der Waals surface area (Å²) >= 11 is 5.84. The standard InChI is InChI=1S/C21H16ClFN2O3/c22-17-6-10-19(11-7-17)27-13-14-2-1-3-16(12-14)21(26)28-25-20(24)15-4-8-18(23)9-5-15/h1-12H,13H2,(H2,24,25). The average Bonchev–Trinajstić information content (AvgIpc) is 2.72. The van der Waals surface area contributed by atoms with E-state index in [-0.39, 0.29) is 12.4 Å². The molecule has 0 atom stereocenters. The Kier molecular flexibility index (Phi) is 6.24. The van der Waals surface area contributed by atoms with Crippen LogP contribution in [0.4, 0.5) is 4.39 Å². The number of hydrogen-bond donors (Lipinski definition) is 1. The molecule has 0 aliphatic carbocycles. The van der Waals surface area contributed by atoms with Crippen molar-refractivity contribution in [3.63, 3.8) is 0 Å². The van der Waals surface area contributed by atoms with E-state index in [9.17, 15) is 9.18 Å². The molecule has 142 valence electrons. The largest absolute Gasteiger partial charge is 0.489 e. The third-order valence-electron chi connectivity index (χ3n) is 3.75. The van der Waals surface area contributed by atoms with E-state index in [1.54, 1.807) is 42.5 Å². The molecule has 0 spiro atoms. The van der Waals surface area contributed by atoms with Crippen LogP contribution in [-0.2, 0) is 11.4 Å². The number of nitrogens with two attached hydrogens (primary N) is 1. The molecule has 0 heterocycles. The summed E-state index contributed by atoms with van der Waals surface area (Å²) in [6.45, 7) is 0.268. The minimum Gasteiger partial charge on any atom is -0.489 e. The van der Waals surface area contributed by atoms with Gasteiger partial charge in [-0.3, -0.25) is 0 Å². The van der Waals surface area contributed by atoms with Crippen molar-refractivity contribution in [3.05, 3.63) is 100 Å². The summed E-state index contributed by atoms with van der Waals surface area (Å²) in [5, 5.41) is 4.23. The van der Waals surface area contributed by atoms with E-state index in [1.807, 2.05) is 6.07 Å². The number of rotatable bonds is 6. The third-order valence-corrected chi connectivity index (χ3v) is 4.00. The van der Waals surface area contributed by atoms with Gasteiger partial charge in [-0.05, 0) is 66.2 Å². The fourth-order valence-corrected chi connectivity index (χ4v) is 2.43. The van der Waals surface area contributed by atoms with E-state index in [2.05, 4.69) is 5.16 Å². The zero-order valence-corrected chi connectivity index (χ0v) is 15.4.